The lowest BCUT2D eigenvalue weighted by Crippen LogP contribution is -2.12. The van der Waals surface area contributed by atoms with Crippen LogP contribution >= 0.6 is 15.9 Å². The Kier molecular flexibility index (Phi) is 5.87. The highest BCUT2D eigenvalue weighted by Crippen LogP contribution is 2.24. The molecule has 0 spiro atoms. The largest absolute Gasteiger partial charge is 0.326 e. The van der Waals surface area contributed by atoms with Crippen LogP contribution in [-0.4, -0.2) is 5.91 Å². The van der Waals surface area contributed by atoms with Crippen LogP contribution in [0, 0.1) is 25.1 Å². The van der Waals surface area contributed by atoms with Gasteiger partial charge < -0.3 is 5.32 Å². The van der Waals surface area contributed by atoms with E-state index in [-0.39, 0.29) is 11.7 Å². The highest BCUT2D eigenvalue weighted by Gasteiger charge is 2.08. The summed E-state index contributed by atoms with van der Waals surface area (Å²) in [6.07, 6.45) is 7.85. The number of terminal acetylenes is 1. The standard InChI is InChI=1S/C14H15BrFNO/c1-3-4-5-6-7-14(18)17-13-9-11(15)12(16)8-10(13)2/h1,8-9H,4-7H2,2H3,(H,17,18). The number of carbonyl (C=O) groups excluding carboxylic acids is 1. The summed E-state index contributed by atoms with van der Waals surface area (Å²) in [6.45, 7) is 1.75. The molecular formula is C14H15BrFNO. The number of unbranched alkanes of at least 4 members (excludes halogenated alkanes) is 2. The van der Waals surface area contributed by atoms with Crippen LogP contribution < -0.4 is 5.32 Å². The number of anilines is 1. The minimum atomic E-state index is -0.334. The molecule has 0 fully saturated rings. The van der Waals surface area contributed by atoms with Crippen LogP contribution in [0.15, 0.2) is 16.6 Å². The molecule has 1 amide bonds. The Balaban J connectivity index is 2.55. The van der Waals surface area contributed by atoms with E-state index in [9.17, 15) is 9.18 Å². The Morgan fingerprint density at radius 3 is 2.89 bits per heavy atom. The van der Waals surface area contributed by atoms with Gasteiger partial charge in [0.1, 0.15) is 5.82 Å². The van der Waals surface area contributed by atoms with E-state index in [0.717, 1.165) is 12.8 Å². The first-order chi connectivity index (χ1) is 8.54. The molecule has 0 heterocycles. The zero-order chi connectivity index (χ0) is 13.5. The van der Waals surface area contributed by atoms with Crippen molar-refractivity contribution < 1.29 is 9.18 Å². The van der Waals surface area contributed by atoms with Gasteiger partial charge >= 0.3 is 0 Å². The molecule has 18 heavy (non-hydrogen) atoms. The number of hydrogen-bond acceptors (Lipinski definition) is 1. The second kappa shape index (κ2) is 7.17. The van der Waals surface area contributed by atoms with E-state index in [2.05, 4.69) is 27.2 Å². The molecule has 0 saturated carbocycles. The average Bonchev–Trinajstić information content (AvgIpc) is 2.32. The Hall–Kier alpha value is -1.34. The van der Waals surface area contributed by atoms with Crippen LogP contribution in [-0.2, 0) is 4.79 Å². The third kappa shape index (κ3) is 4.50. The van der Waals surface area contributed by atoms with Gasteiger partial charge in [-0.2, -0.15) is 0 Å². The molecule has 1 aromatic carbocycles. The molecule has 2 nitrogen and oxygen atoms in total. The minimum absolute atomic E-state index is 0.0753. The summed E-state index contributed by atoms with van der Waals surface area (Å²) in [5.74, 6) is 2.13. The smallest absolute Gasteiger partial charge is 0.224 e. The zero-order valence-electron chi connectivity index (χ0n) is 10.2. The normalized spacial score (nSPS) is 9.89. The fraction of sp³-hybridized carbons (Fsp3) is 0.357. The number of benzene rings is 1. The monoisotopic (exact) mass is 311 g/mol. The minimum Gasteiger partial charge on any atom is -0.326 e. The van der Waals surface area contributed by atoms with E-state index in [1.807, 2.05) is 0 Å². The molecule has 0 radical (unpaired) electrons. The molecule has 0 bridgehead atoms. The third-order valence-electron chi connectivity index (χ3n) is 2.52. The highest BCUT2D eigenvalue weighted by atomic mass is 79.9. The lowest BCUT2D eigenvalue weighted by molar-refractivity contribution is -0.116. The van der Waals surface area contributed by atoms with Crippen molar-refractivity contribution in [1.82, 2.24) is 0 Å². The molecule has 0 atom stereocenters. The summed E-state index contributed by atoms with van der Waals surface area (Å²) >= 11 is 3.09. The maximum absolute atomic E-state index is 13.2. The maximum Gasteiger partial charge on any atom is 0.224 e. The maximum atomic E-state index is 13.2. The SMILES string of the molecule is C#CCCCCC(=O)Nc1cc(Br)c(F)cc1C. The number of rotatable bonds is 5. The molecule has 0 saturated heterocycles. The van der Waals surface area contributed by atoms with Crippen LogP contribution in [0.3, 0.4) is 0 Å². The van der Waals surface area contributed by atoms with Crippen LogP contribution in [0.25, 0.3) is 0 Å². The number of aryl methyl sites for hydroxylation is 1. The first kappa shape index (κ1) is 14.7. The van der Waals surface area contributed by atoms with Gasteiger partial charge in [0, 0.05) is 18.5 Å². The first-order valence-electron chi connectivity index (χ1n) is 5.73. The average molecular weight is 312 g/mol. The predicted molar refractivity (Wildman–Crippen MR) is 74.8 cm³/mol. The van der Waals surface area contributed by atoms with Crippen LogP contribution in [0.1, 0.15) is 31.2 Å². The second-order valence-corrected chi connectivity index (χ2v) is 4.89. The Morgan fingerprint density at radius 2 is 2.22 bits per heavy atom. The van der Waals surface area contributed by atoms with Crippen LogP contribution in [0.5, 0.6) is 0 Å². The molecule has 96 valence electrons. The van der Waals surface area contributed by atoms with Gasteiger partial charge in [0.25, 0.3) is 0 Å². The summed E-state index contributed by atoms with van der Waals surface area (Å²) in [5, 5.41) is 2.77. The van der Waals surface area contributed by atoms with Crippen molar-refractivity contribution in [3.05, 3.63) is 28.0 Å². The van der Waals surface area contributed by atoms with Crippen molar-refractivity contribution in [2.24, 2.45) is 0 Å². The molecule has 0 aromatic heterocycles. The van der Waals surface area contributed by atoms with E-state index < -0.39 is 0 Å². The van der Waals surface area contributed by atoms with Crippen molar-refractivity contribution in [3.63, 3.8) is 0 Å². The lowest BCUT2D eigenvalue weighted by Gasteiger charge is -2.09. The number of carbonyl (C=O) groups is 1. The van der Waals surface area contributed by atoms with Gasteiger partial charge in [-0.3, -0.25) is 4.79 Å². The molecule has 1 aromatic rings. The number of hydrogen-bond donors (Lipinski definition) is 1. The van der Waals surface area contributed by atoms with Gasteiger partial charge in [-0.25, -0.2) is 4.39 Å². The number of amides is 1. The van der Waals surface area contributed by atoms with Crippen molar-refractivity contribution >= 4 is 27.5 Å². The second-order valence-electron chi connectivity index (χ2n) is 4.04. The van der Waals surface area contributed by atoms with E-state index in [0.29, 0.717) is 28.6 Å². The molecular weight excluding hydrogens is 297 g/mol. The fourth-order valence-electron chi connectivity index (χ4n) is 1.51. The van der Waals surface area contributed by atoms with Gasteiger partial charge in [-0.15, -0.1) is 12.3 Å². The van der Waals surface area contributed by atoms with Gasteiger partial charge in [-0.05, 0) is 53.4 Å². The van der Waals surface area contributed by atoms with Crippen molar-refractivity contribution in [2.75, 3.05) is 5.32 Å². The van der Waals surface area contributed by atoms with E-state index in [1.165, 1.54) is 6.07 Å². The van der Waals surface area contributed by atoms with Crippen LogP contribution in [0.2, 0.25) is 0 Å². The topological polar surface area (TPSA) is 29.1 Å². The molecule has 0 aliphatic rings. The first-order valence-corrected chi connectivity index (χ1v) is 6.53. The van der Waals surface area contributed by atoms with E-state index in [1.54, 1.807) is 13.0 Å². The predicted octanol–water partition coefficient (Wildman–Crippen LogP) is 4.03. The molecule has 0 aliphatic heterocycles. The highest BCUT2D eigenvalue weighted by molar-refractivity contribution is 9.10. The third-order valence-corrected chi connectivity index (χ3v) is 3.12. The van der Waals surface area contributed by atoms with Gasteiger partial charge in [0.2, 0.25) is 5.91 Å². The van der Waals surface area contributed by atoms with Crippen molar-refractivity contribution in [3.8, 4) is 12.3 Å². The summed E-state index contributed by atoms with van der Waals surface area (Å²) in [7, 11) is 0. The Morgan fingerprint density at radius 1 is 1.50 bits per heavy atom. The zero-order valence-corrected chi connectivity index (χ0v) is 11.8. The molecule has 1 rings (SSSR count). The van der Waals surface area contributed by atoms with Gasteiger partial charge in [0.15, 0.2) is 0 Å². The lowest BCUT2D eigenvalue weighted by atomic mass is 10.1. The van der Waals surface area contributed by atoms with Crippen LogP contribution in [0.4, 0.5) is 10.1 Å². The fourth-order valence-corrected chi connectivity index (χ4v) is 1.85. The van der Waals surface area contributed by atoms with Crippen molar-refractivity contribution in [2.45, 2.75) is 32.6 Å². The van der Waals surface area contributed by atoms with E-state index >= 15 is 0 Å². The summed E-state index contributed by atoms with van der Waals surface area (Å²) in [6, 6.07) is 2.96. The summed E-state index contributed by atoms with van der Waals surface area (Å²) in [5.41, 5.74) is 1.33. The van der Waals surface area contributed by atoms with Gasteiger partial charge in [0.05, 0.1) is 4.47 Å². The quantitative estimate of drug-likeness (QED) is 0.645. The van der Waals surface area contributed by atoms with Gasteiger partial charge in [-0.1, -0.05) is 0 Å². The molecule has 0 unspecified atom stereocenters. The molecule has 0 aliphatic carbocycles. The Bertz CT molecular complexity index is 479. The van der Waals surface area contributed by atoms with Crippen molar-refractivity contribution in [1.29, 1.82) is 0 Å². The Labute approximate surface area is 115 Å². The van der Waals surface area contributed by atoms with E-state index in [4.69, 9.17) is 6.42 Å². The molecule has 1 N–H and O–H groups in total. The summed E-state index contributed by atoms with van der Waals surface area (Å²) < 4.78 is 13.5. The summed E-state index contributed by atoms with van der Waals surface area (Å²) in [4.78, 5) is 11.7. The number of halogens is 2. The molecule has 4 heteroatoms. The number of nitrogens with one attached hydrogen (secondary N) is 1.